The van der Waals surface area contributed by atoms with Gasteiger partial charge < -0.3 is 11.1 Å². The predicted molar refractivity (Wildman–Crippen MR) is 124 cm³/mol. The van der Waals surface area contributed by atoms with E-state index in [9.17, 15) is 13.6 Å². The number of nitrogen functional groups attached to an aromatic ring is 1. The topological polar surface area (TPSA) is 112 Å². The molecule has 0 aliphatic rings. The van der Waals surface area contributed by atoms with E-state index >= 15 is 0 Å². The van der Waals surface area contributed by atoms with Crippen molar-refractivity contribution in [2.75, 3.05) is 11.1 Å². The fourth-order valence-corrected chi connectivity index (χ4v) is 3.95. The Labute approximate surface area is 195 Å². The van der Waals surface area contributed by atoms with Crippen LogP contribution >= 0.6 is 11.3 Å². The second kappa shape index (κ2) is 8.79. The Kier molecular flexibility index (Phi) is 5.52. The number of hydrogen-bond donors (Lipinski definition) is 2. The van der Waals surface area contributed by atoms with Gasteiger partial charge in [0.15, 0.2) is 17.5 Å². The summed E-state index contributed by atoms with van der Waals surface area (Å²) in [6.07, 6.45) is 1.58. The van der Waals surface area contributed by atoms with Crippen molar-refractivity contribution in [2.24, 2.45) is 0 Å². The molecule has 1 amide bonds. The lowest BCUT2D eigenvalue weighted by Crippen LogP contribution is -2.09. The second-order valence-electron chi connectivity index (χ2n) is 7.15. The van der Waals surface area contributed by atoms with E-state index < -0.39 is 11.6 Å². The monoisotopic (exact) mass is 475 g/mol. The van der Waals surface area contributed by atoms with Crippen molar-refractivity contribution in [2.45, 2.75) is 0 Å². The summed E-state index contributed by atoms with van der Waals surface area (Å²) in [6, 6.07) is 16.2. The number of amides is 1. The van der Waals surface area contributed by atoms with E-state index in [1.165, 1.54) is 23.5 Å². The predicted octanol–water partition coefficient (Wildman–Crippen LogP) is 4.57. The van der Waals surface area contributed by atoms with Crippen molar-refractivity contribution >= 4 is 28.7 Å². The van der Waals surface area contributed by atoms with Gasteiger partial charge in [0.05, 0.1) is 10.4 Å². The Bertz CT molecular complexity index is 1480. The number of aromatic nitrogens is 5. The van der Waals surface area contributed by atoms with Crippen LogP contribution in [0.4, 0.5) is 20.3 Å². The van der Waals surface area contributed by atoms with Gasteiger partial charge in [0.25, 0.3) is 5.91 Å². The van der Waals surface area contributed by atoms with Crippen LogP contribution in [0.5, 0.6) is 0 Å². The summed E-state index contributed by atoms with van der Waals surface area (Å²) >= 11 is 1.36. The van der Waals surface area contributed by atoms with Crippen LogP contribution in [0.3, 0.4) is 0 Å². The normalized spacial score (nSPS) is 10.9. The van der Waals surface area contributed by atoms with Gasteiger partial charge in [0, 0.05) is 17.4 Å². The van der Waals surface area contributed by atoms with Crippen LogP contribution in [0.15, 0.2) is 72.2 Å². The first-order chi connectivity index (χ1) is 16.5. The number of benzene rings is 2. The minimum absolute atomic E-state index is 0.108. The fourth-order valence-electron chi connectivity index (χ4n) is 3.33. The standard InChI is InChI=1S/C23H15F2N7OS/c24-17-3-1-4-18(20(17)25)32-22(29-30-31-32)16-11-14(12-27-21(16)26)13-6-8-15(9-7-13)28-23(33)19-5-2-10-34-19/h1-12H,(H2,26,27)(H,28,33). The van der Waals surface area contributed by atoms with E-state index in [1.807, 2.05) is 23.6 Å². The van der Waals surface area contributed by atoms with Gasteiger partial charge in [0.2, 0.25) is 0 Å². The van der Waals surface area contributed by atoms with E-state index in [0.717, 1.165) is 16.3 Å². The minimum atomic E-state index is -1.08. The highest BCUT2D eigenvalue weighted by molar-refractivity contribution is 7.12. The Hall–Kier alpha value is -4.51. The number of carbonyl (C=O) groups is 1. The molecule has 34 heavy (non-hydrogen) atoms. The third-order valence-electron chi connectivity index (χ3n) is 5.01. The van der Waals surface area contributed by atoms with Crippen molar-refractivity contribution < 1.29 is 13.6 Å². The molecule has 3 heterocycles. The highest BCUT2D eigenvalue weighted by atomic mass is 32.1. The van der Waals surface area contributed by atoms with Gasteiger partial charge in [-0.3, -0.25) is 4.79 Å². The Morgan fingerprint density at radius 3 is 2.62 bits per heavy atom. The summed E-state index contributed by atoms with van der Waals surface area (Å²) in [6.45, 7) is 0. The molecule has 0 radical (unpaired) electrons. The molecule has 0 aliphatic carbocycles. The molecule has 0 saturated heterocycles. The van der Waals surface area contributed by atoms with Crippen LogP contribution in [-0.4, -0.2) is 31.1 Å². The highest BCUT2D eigenvalue weighted by Gasteiger charge is 2.19. The molecular weight excluding hydrogens is 460 g/mol. The number of nitrogens with zero attached hydrogens (tertiary/aromatic N) is 5. The molecule has 2 aromatic carbocycles. The minimum Gasteiger partial charge on any atom is -0.383 e. The lowest BCUT2D eigenvalue weighted by molar-refractivity contribution is 0.103. The van der Waals surface area contributed by atoms with Gasteiger partial charge in [-0.2, -0.15) is 4.68 Å². The van der Waals surface area contributed by atoms with E-state index in [-0.39, 0.29) is 23.2 Å². The zero-order valence-corrected chi connectivity index (χ0v) is 18.1. The zero-order valence-electron chi connectivity index (χ0n) is 17.3. The highest BCUT2D eigenvalue weighted by Crippen LogP contribution is 2.30. The van der Waals surface area contributed by atoms with Crippen molar-refractivity contribution in [3.63, 3.8) is 0 Å². The van der Waals surface area contributed by atoms with Crippen LogP contribution in [0.25, 0.3) is 28.2 Å². The molecule has 0 bridgehead atoms. The first kappa shape index (κ1) is 21.3. The second-order valence-corrected chi connectivity index (χ2v) is 8.10. The maximum atomic E-state index is 14.4. The quantitative estimate of drug-likeness (QED) is 0.385. The van der Waals surface area contributed by atoms with Crippen molar-refractivity contribution in [3.05, 3.63) is 88.8 Å². The summed E-state index contributed by atoms with van der Waals surface area (Å²) < 4.78 is 29.2. The summed E-state index contributed by atoms with van der Waals surface area (Å²) in [4.78, 5) is 17.1. The van der Waals surface area contributed by atoms with E-state index in [1.54, 1.807) is 30.5 Å². The maximum Gasteiger partial charge on any atom is 0.265 e. The summed E-state index contributed by atoms with van der Waals surface area (Å²) in [5.74, 6) is -2.06. The molecule has 8 nitrogen and oxygen atoms in total. The lowest BCUT2D eigenvalue weighted by Gasteiger charge is -2.10. The number of anilines is 2. The number of thiophene rings is 1. The summed E-state index contributed by atoms with van der Waals surface area (Å²) in [5.41, 5.74) is 8.37. The lowest BCUT2D eigenvalue weighted by atomic mass is 10.0. The molecule has 168 valence electrons. The number of tetrazole rings is 1. The average molecular weight is 475 g/mol. The number of nitrogens with two attached hydrogens (primary N) is 1. The molecule has 5 rings (SSSR count). The van der Waals surface area contributed by atoms with Crippen molar-refractivity contribution in [3.8, 4) is 28.2 Å². The summed E-state index contributed by atoms with van der Waals surface area (Å²) in [7, 11) is 0. The molecule has 0 atom stereocenters. The molecule has 0 spiro atoms. The van der Waals surface area contributed by atoms with Crippen molar-refractivity contribution in [1.82, 2.24) is 25.2 Å². The molecule has 5 aromatic rings. The molecule has 3 aromatic heterocycles. The molecule has 11 heteroatoms. The number of rotatable bonds is 5. The van der Waals surface area contributed by atoms with Gasteiger partial charge >= 0.3 is 0 Å². The molecule has 3 N–H and O–H groups in total. The maximum absolute atomic E-state index is 14.4. The van der Waals surface area contributed by atoms with E-state index in [4.69, 9.17) is 5.73 Å². The summed E-state index contributed by atoms with van der Waals surface area (Å²) in [5, 5.41) is 16.0. The molecule has 0 unspecified atom stereocenters. The van der Waals surface area contributed by atoms with Crippen LogP contribution < -0.4 is 11.1 Å². The number of pyridine rings is 1. The van der Waals surface area contributed by atoms with Gasteiger partial charge in [-0.05, 0) is 57.8 Å². The third kappa shape index (κ3) is 3.99. The largest absolute Gasteiger partial charge is 0.383 e. The number of halogens is 2. The van der Waals surface area contributed by atoms with Gasteiger partial charge in [-0.1, -0.05) is 24.3 Å². The first-order valence-electron chi connectivity index (χ1n) is 9.95. The molecule has 0 aliphatic heterocycles. The van der Waals surface area contributed by atoms with E-state index in [2.05, 4.69) is 25.8 Å². The van der Waals surface area contributed by atoms with Crippen LogP contribution in [0, 0.1) is 11.6 Å². The molecule has 0 saturated carbocycles. The Balaban J connectivity index is 1.46. The Morgan fingerprint density at radius 1 is 1.03 bits per heavy atom. The van der Waals surface area contributed by atoms with Crippen LogP contribution in [0.1, 0.15) is 9.67 Å². The van der Waals surface area contributed by atoms with Crippen LogP contribution in [-0.2, 0) is 0 Å². The third-order valence-corrected chi connectivity index (χ3v) is 5.88. The van der Waals surface area contributed by atoms with Gasteiger partial charge in [-0.15, -0.1) is 16.4 Å². The molecular formula is C23H15F2N7OS. The van der Waals surface area contributed by atoms with Gasteiger partial charge in [-0.25, -0.2) is 13.8 Å². The number of carbonyl (C=O) groups excluding carboxylic acids is 1. The first-order valence-corrected chi connectivity index (χ1v) is 10.8. The van der Waals surface area contributed by atoms with Gasteiger partial charge in [0.1, 0.15) is 11.5 Å². The smallest absolute Gasteiger partial charge is 0.265 e. The number of nitrogens with one attached hydrogen (secondary N) is 1. The van der Waals surface area contributed by atoms with E-state index in [0.29, 0.717) is 21.7 Å². The molecule has 0 fully saturated rings. The number of hydrogen-bond acceptors (Lipinski definition) is 7. The fraction of sp³-hybridized carbons (Fsp3) is 0. The zero-order chi connectivity index (χ0) is 23.7. The average Bonchev–Trinajstić information content (AvgIpc) is 3.54. The van der Waals surface area contributed by atoms with Crippen molar-refractivity contribution in [1.29, 1.82) is 0 Å². The Morgan fingerprint density at radius 2 is 1.85 bits per heavy atom. The SMILES string of the molecule is Nc1ncc(-c2ccc(NC(=O)c3cccs3)cc2)cc1-c1nnnn1-c1cccc(F)c1F. The van der Waals surface area contributed by atoms with Crippen LogP contribution in [0.2, 0.25) is 0 Å².